The van der Waals surface area contributed by atoms with E-state index in [1.54, 1.807) is 24.3 Å². The van der Waals surface area contributed by atoms with Gasteiger partial charge in [0.15, 0.2) is 0 Å². The summed E-state index contributed by atoms with van der Waals surface area (Å²) in [5.41, 5.74) is 0.975. The van der Waals surface area contributed by atoms with Gasteiger partial charge in [-0.1, -0.05) is 24.3 Å². The van der Waals surface area contributed by atoms with Gasteiger partial charge in [0.1, 0.15) is 50.1 Å². The largest absolute Gasteiger partial charge is 0.491 e. The summed E-state index contributed by atoms with van der Waals surface area (Å²) >= 11 is 0. The van der Waals surface area contributed by atoms with Crippen LogP contribution in [0.4, 0.5) is 0 Å². The van der Waals surface area contributed by atoms with E-state index in [0.717, 1.165) is 46.3 Å². The van der Waals surface area contributed by atoms with Crippen molar-refractivity contribution in [3.05, 3.63) is 83.9 Å². The van der Waals surface area contributed by atoms with Crippen LogP contribution in [0.5, 0.6) is 11.5 Å². The number of ether oxygens (including phenoxy) is 10. The molecule has 0 radical (unpaired) electrons. The number of carbonyl (C=O) groups excluding carboxylic acids is 2. The molecular formula is C38H42O12. The van der Waals surface area contributed by atoms with Gasteiger partial charge in [0.25, 0.3) is 0 Å². The smallest absolute Gasteiger partial charge is 0.338 e. The summed E-state index contributed by atoms with van der Waals surface area (Å²) in [6.45, 7) is 6.12. The maximum Gasteiger partial charge on any atom is 0.338 e. The minimum absolute atomic E-state index is 0.192. The number of rotatable bonds is 23. The molecule has 2 atom stereocenters. The third-order valence-electron chi connectivity index (χ3n) is 7.79. The van der Waals surface area contributed by atoms with E-state index in [4.69, 9.17) is 47.4 Å². The monoisotopic (exact) mass is 690 g/mol. The maximum absolute atomic E-state index is 12.4. The second-order valence-electron chi connectivity index (χ2n) is 11.7. The van der Waals surface area contributed by atoms with E-state index in [1.165, 1.54) is 0 Å². The van der Waals surface area contributed by atoms with Gasteiger partial charge in [-0.25, -0.2) is 9.59 Å². The summed E-state index contributed by atoms with van der Waals surface area (Å²) < 4.78 is 54.5. The highest BCUT2D eigenvalue weighted by Crippen LogP contribution is 2.24. The predicted molar refractivity (Wildman–Crippen MR) is 182 cm³/mol. The van der Waals surface area contributed by atoms with Gasteiger partial charge in [-0.3, -0.25) is 0 Å². The molecule has 2 saturated heterocycles. The molecular weight excluding hydrogens is 648 g/mol. The second-order valence-corrected chi connectivity index (χ2v) is 11.7. The van der Waals surface area contributed by atoms with Gasteiger partial charge in [-0.2, -0.15) is 0 Å². The molecule has 2 heterocycles. The van der Waals surface area contributed by atoms with E-state index in [1.807, 2.05) is 48.5 Å². The van der Waals surface area contributed by atoms with Crippen molar-refractivity contribution in [2.45, 2.75) is 12.2 Å². The highest BCUT2D eigenvalue weighted by Gasteiger charge is 2.23. The molecule has 0 amide bonds. The van der Waals surface area contributed by atoms with Crippen LogP contribution >= 0.6 is 0 Å². The van der Waals surface area contributed by atoms with Gasteiger partial charge in [-0.15, -0.1) is 0 Å². The average Bonchev–Trinajstić information content (AvgIpc) is 4.08. The van der Waals surface area contributed by atoms with Gasteiger partial charge in [-0.05, 0) is 70.1 Å². The number of esters is 2. The van der Waals surface area contributed by atoms with Crippen LogP contribution in [0.3, 0.4) is 0 Å². The fourth-order valence-corrected chi connectivity index (χ4v) is 4.95. The van der Waals surface area contributed by atoms with E-state index in [2.05, 4.69) is 0 Å². The Morgan fingerprint density at radius 3 is 1.30 bits per heavy atom. The Bertz CT molecular complexity index is 1580. The Balaban J connectivity index is 0.797. The average molecular weight is 691 g/mol. The third-order valence-corrected chi connectivity index (χ3v) is 7.79. The lowest BCUT2D eigenvalue weighted by molar-refractivity contribution is 0.0274. The Hall–Kier alpha value is -4.30. The van der Waals surface area contributed by atoms with Gasteiger partial charge >= 0.3 is 11.9 Å². The topological polar surface area (TPSA) is 133 Å². The number of carbonyl (C=O) groups is 2. The van der Waals surface area contributed by atoms with E-state index >= 15 is 0 Å². The zero-order chi connectivity index (χ0) is 34.4. The number of hydrogen-bond donors (Lipinski definition) is 0. The molecule has 0 saturated carbocycles. The molecule has 4 aromatic carbocycles. The van der Waals surface area contributed by atoms with Crippen molar-refractivity contribution in [2.75, 3.05) is 92.5 Å². The molecule has 2 fully saturated rings. The fourth-order valence-electron chi connectivity index (χ4n) is 4.95. The van der Waals surface area contributed by atoms with Crippen LogP contribution < -0.4 is 9.47 Å². The molecule has 0 N–H and O–H groups in total. The zero-order valence-corrected chi connectivity index (χ0v) is 27.9. The van der Waals surface area contributed by atoms with Crippen molar-refractivity contribution in [3.8, 4) is 11.5 Å². The minimum Gasteiger partial charge on any atom is -0.491 e. The number of hydrogen-bond acceptors (Lipinski definition) is 12. The van der Waals surface area contributed by atoms with Crippen molar-refractivity contribution >= 4 is 33.5 Å². The summed E-state index contributed by atoms with van der Waals surface area (Å²) in [6.07, 6.45) is 0.385. The van der Waals surface area contributed by atoms with E-state index in [-0.39, 0.29) is 37.4 Å². The summed E-state index contributed by atoms with van der Waals surface area (Å²) in [7, 11) is 0. The molecule has 6 rings (SSSR count). The first kappa shape index (κ1) is 35.5. The zero-order valence-electron chi connectivity index (χ0n) is 27.9. The van der Waals surface area contributed by atoms with Crippen LogP contribution in [0.1, 0.15) is 20.7 Å². The normalized spacial score (nSPS) is 16.3. The third kappa shape index (κ3) is 11.7. The Kier molecular flexibility index (Phi) is 13.2. The highest BCUT2D eigenvalue weighted by atomic mass is 16.6. The molecule has 0 aliphatic carbocycles. The minimum atomic E-state index is -0.382. The number of epoxide rings is 2. The first-order chi connectivity index (χ1) is 24.6. The molecule has 2 aliphatic rings. The first-order valence-electron chi connectivity index (χ1n) is 16.8. The van der Waals surface area contributed by atoms with Crippen molar-refractivity contribution in [3.63, 3.8) is 0 Å². The Morgan fingerprint density at radius 2 is 0.860 bits per heavy atom. The van der Waals surface area contributed by atoms with Crippen molar-refractivity contribution < 1.29 is 57.0 Å². The Morgan fingerprint density at radius 1 is 0.480 bits per heavy atom. The molecule has 2 aliphatic heterocycles. The lowest BCUT2D eigenvalue weighted by Crippen LogP contribution is -2.13. The molecule has 12 heteroatoms. The van der Waals surface area contributed by atoms with Crippen LogP contribution in [0.15, 0.2) is 72.8 Å². The van der Waals surface area contributed by atoms with Gasteiger partial charge < -0.3 is 47.4 Å². The van der Waals surface area contributed by atoms with Crippen molar-refractivity contribution in [2.24, 2.45) is 0 Å². The summed E-state index contributed by atoms with van der Waals surface area (Å²) in [5, 5.41) is 3.74. The molecule has 266 valence electrons. The predicted octanol–water partition coefficient (Wildman–Crippen LogP) is 4.63. The van der Waals surface area contributed by atoms with Gasteiger partial charge in [0.05, 0.1) is 77.2 Å². The highest BCUT2D eigenvalue weighted by molar-refractivity contribution is 5.96. The number of fused-ring (bicyclic) bond motifs is 2. The molecule has 12 nitrogen and oxygen atoms in total. The van der Waals surface area contributed by atoms with E-state index < -0.39 is 0 Å². The second kappa shape index (κ2) is 18.6. The standard InChI is InChI=1S/C38H42O12/c39-37(47-17-13-43-23-35-25-49-35)31-3-1-29-21-33(7-5-27(29)19-31)45-15-11-41-9-10-42-12-16-46-34-8-6-28-20-32(4-2-30(28)22-34)38(40)48-18-14-44-24-36-26-50-36/h1-8,19-22,35-36H,9-18,23-26H2. The molecule has 0 aromatic heterocycles. The van der Waals surface area contributed by atoms with Crippen LogP contribution in [0.25, 0.3) is 21.5 Å². The molecule has 0 bridgehead atoms. The lowest BCUT2D eigenvalue weighted by Gasteiger charge is -2.10. The first-order valence-corrected chi connectivity index (χ1v) is 16.8. The van der Waals surface area contributed by atoms with Crippen molar-refractivity contribution in [1.29, 1.82) is 0 Å². The SMILES string of the molecule is O=C(OCCOCC1CO1)c1ccc2cc(OCCOCCOCCOc3ccc4cc(C(=O)OCCOCC5CO5)ccc4c3)ccc2c1. The van der Waals surface area contributed by atoms with Crippen LogP contribution in [0, 0.1) is 0 Å². The fraction of sp³-hybridized carbons (Fsp3) is 0.421. The Labute approximate surface area is 290 Å². The van der Waals surface area contributed by atoms with Crippen LogP contribution in [-0.2, 0) is 37.9 Å². The van der Waals surface area contributed by atoms with E-state index in [0.29, 0.717) is 77.2 Å². The quantitative estimate of drug-likeness (QED) is 0.0611. The summed E-state index contributed by atoms with van der Waals surface area (Å²) in [6, 6.07) is 22.2. The van der Waals surface area contributed by atoms with E-state index in [9.17, 15) is 9.59 Å². The number of benzene rings is 4. The molecule has 2 unspecified atom stereocenters. The summed E-state index contributed by atoms with van der Waals surface area (Å²) in [4.78, 5) is 24.7. The van der Waals surface area contributed by atoms with Gasteiger partial charge in [0.2, 0.25) is 0 Å². The van der Waals surface area contributed by atoms with Gasteiger partial charge in [0, 0.05) is 0 Å². The maximum atomic E-state index is 12.4. The molecule has 4 aromatic rings. The molecule has 0 spiro atoms. The van der Waals surface area contributed by atoms with Crippen molar-refractivity contribution in [1.82, 2.24) is 0 Å². The summed E-state index contributed by atoms with van der Waals surface area (Å²) in [5.74, 6) is 0.670. The lowest BCUT2D eigenvalue weighted by atomic mass is 10.1. The molecule has 50 heavy (non-hydrogen) atoms. The van der Waals surface area contributed by atoms with Crippen LogP contribution in [-0.4, -0.2) is 117 Å². The van der Waals surface area contributed by atoms with Crippen LogP contribution in [0.2, 0.25) is 0 Å².